The number of carbonyl (C=O) groups excluding carboxylic acids is 2. The summed E-state index contributed by atoms with van der Waals surface area (Å²) in [6.07, 6.45) is 4.14. The van der Waals surface area contributed by atoms with E-state index in [1.54, 1.807) is 0 Å². The van der Waals surface area contributed by atoms with Crippen molar-refractivity contribution in [1.29, 1.82) is 0 Å². The van der Waals surface area contributed by atoms with Crippen molar-refractivity contribution in [1.82, 2.24) is 14.8 Å². The van der Waals surface area contributed by atoms with Crippen molar-refractivity contribution in [3.8, 4) is 5.75 Å². The van der Waals surface area contributed by atoms with Crippen LogP contribution in [0.15, 0.2) is 60.8 Å². The number of aromatic nitrogens is 1. The monoisotopic (exact) mass is 473 g/mol. The molecule has 2 aliphatic heterocycles. The molecular formula is C28H31N3O4. The Labute approximate surface area is 205 Å². The molecule has 0 spiro atoms. The van der Waals surface area contributed by atoms with Crippen LogP contribution in [0.5, 0.6) is 5.75 Å². The fourth-order valence-electron chi connectivity index (χ4n) is 4.99. The first kappa shape index (κ1) is 23.3. The molecule has 2 aromatic carbocycles. The zero-order chi connectivity index (χ0) is 24.0. The summed E-state index contributed by atoms with van der Waals surface area (Å²) in [5.41, 5.74) is 2.75. The molecule has 7 nitrogen and oxygen atoms in total. The van der Waals surface area contributed by atoms with Gasteiger partial charge in [0.05, 0.1) is 30.8 Å². The summed E-state index contributed by atoms with van der Waals surface area (Å²) in [5.74, 6) is 0.871. The Morgan fingerprint density at radius 2 is 2.00 bits per heavy atom. The highest BCUT2D eigenvalue weighted by atomic mass is 16.5. The Hall–Kier alpha value is -3.45. The number of para-hydroxylation sites is 1. The van der Waals surface area contributed by atoms with Crippen molar-refractivity contribution in [2.24, 2.45) is 5.92 Å². The van der Waals surface area contributed by atoms with Crippen molar-refractivity contribution in [3.05, 3.63) is 71.9 Å². The number of fused-ring (bicyclic) bond motifs is 1. The van der Waals surface area contributed by atoms with Gasteiger partial charge < -0.3 is 19.3 Å². The fraction of sp³-hybridized carbons (Fsp3) is 0.393. The first-order valence-electron chi connectivity index (χ1n) is 12.4. The van der Waals surface area contributed by atoms with Gasteiger partial charge in [-0.1, -0.05) is 30.3 Å². The maximum Gasteiger partial charge on any atom is 0.257 e. The average molecular weight is 474 g/mol. The second kappa shape index (κ2) is 10.9. The Kier molecular flexibility index (Phi) is 7.23. The SMILES string of the molecule is O=C1CCCN1CCOc1ccccc1C(=O)N1CCOC[C@@H](Cc2cccc3ncccc23)C1. The highest BCUT2D eigenvalue weighted by molar-refractivity contribution is 5.97. The molecule has 3 aromatic rings. The third-order valence-corrected chi connectivity index (χ3v) is 6.78. The van der Waals surface area contributed by atoms with E-state index in [-0.39, 0.29) is 17.7 Å². The predicted octanol–water partition coefficient (Wildman–Crippen LogP) is 3.57. The smallest absolute Gasteiger partial charge is 0.257 e. The van der Waals surface area contributed by atoms with Crippen LogP contribution in [-0.2, 0) is 16.0 Å². The number of likely N-dealkylation sites (tertiary alicyclic amines) is 1. The van der Waals surface area contributed by atoms with Crippen LogP contribution in [0, 0.1) is 5.92 Å². The van der Waals surface area contributed by atoms with Crippen molar-refractivity contribution in [2.45, 2.75) is 19.3 Å². The highest BCUT2D eigenvalue weighted by Gasteiger charge is 2.26. The van der Waals surface area contributed by atoms with E-state index in [4.69, 9.17) is 9.47 Å². The molecule has 1 atom stereocenters. The van der Waals surface area contributed by atoms with E-state index in [0.717, 1.165) is 30.3 Å². The van der Waals surface area contributed by atoms with Crippen LogP contribution in [0.3, 0.4) is 0 Å². The lowest BCUT2D eigenvalue weighted by Crippen LogP contribution is -2.36. The molecular weight excluding hydrogens is 442 g/mol. The summed E-state index contributed by atoms with van der Waals surface area (Å²) >= 11 is 0. The van der Waals surface area contributed by atoms with Gasteiger partial charge in [-0.15, -0.1) is 0 Å². The first-order chi connectivity index (χ1) is 17.2. The van der Waals surface area contributed by atoms with Crippen LogP contribution < -0.4 is 4.74 Å². The standard InChI is InChI=1S/C28H31N3O4/c32-27-11-5-13-30(27)15-17-35-26-10-2-1-7-24(26)28(33)31-14-16-34-20-21(19-31)18-22-6-3-9-25-23(22)8-4-12-29-25/h1-4,6-10,12,21H,5,11,13-20H2/t21-/m0/s1. The summed E-state index contributed by atoms with van der Waals surface area (Å²) in [7, 11) is 0. The Morgan fingerprint density at radius 1 is 1.09 bits per heavy atom. The number of amides is 2. The zero-order valence-corrected chi connectivity index (χ0v) is 19.9. The molecule has 0 radical (unpaired) electrons. The number of rotatable bonds is 7. The molecule has 0 saturated carbocycles. The Morgan fingerprint density at radius 3 is 2.89 bits per heavy atom. The Bertz CT molecular complexity index is 1190. The maximum absolute atomic E-state index is 13.6. The van der Waals surface area contributed by atoms with Gasteiger partial charge in [-0.05, 0) is 42.7 Å². The minimum atomic E-state index is -0.0482. The molecule has 2 aliphatic rings. The topological polar surface area (TPSA) is 72.0 Å². The van der Waals surface area contributed by atoms with Gasteiger partial charge in [-0.25, -0.2) is 0 Å². The zero-order valence-electron chi connectivity index (χ0n) is 19.9. The van der Waals surface area contributed by atoms with E-state index in [2.05, 4.69) is 17.1 Å². The van der Waals surface area contributed by atoms with E-state index in [9.17, 15) is 9.59 Å². The van der Waals surface area contributed by atoms with Gasteiger partial charge in [-0.2, -0.15) is 0 Å². The van der Waals surface area contributed by atoms with Crippen molar-refractivity contribution in [3.63, 3.8) is 0 Å². The lowest BCUT2D eigenvalue weighted by Gasteiger charge is -2.25. The fourth-order valence-corrected chi connectivity index (χ4v) is 4.99. The van der Waals surface area contributed by atoms with E-state index in [0.29, 0.717) is 57.2 Å². The molecule has 3 heterocycles. The second-order valence-corrected chi connectivity index (χ2v) is 9.21. The van der Waals surface area contributed by atoms with Crippen LogP contribution >= 0.6 is 0 Å². The van der Waals surface area contributed by atoms with Crippen molar-refractivity contribution in [2.75, 3.05) is 46.0 Å². The number of pyridine rings is 1. The molecule has 2 fully saturated rings. The second-order valence-electron chi connectivity index (χ2n) is 9.21. The number of hydrogen-bond acceptors (Lipinski definition) is 5. The number of carbonyl (C=O) groups is 2. The molecule has 0 aliphatic carbocycles. The molecule has 7 heteroatoms. The predicted molar refractivity (Wildman–Crippen MR) is 133 cm³/mol. The minimum absolute atomic E-state index is 0.0482. The molecule has 0 unspecified atom stereocenters. The van der Waals surface area contributed by atoms with Gasteiger partial charge in [0.25, 0.3) is 5.91 Å². The number of ether oxygens (including phenoxy) is 2. The van der Waals surface area contributed by atoms with E-state index < -0.39 is 0 Å². The Balaban J connectivity index is 1.27. The third kappa shape index (κ3) is 5.46. The lowest BCUT2D eigenvalue weighted by molar-refractivity contribution is -0.128. The minimum Gasteiger partial charge on any atom is -0.491 e. The normalized spacial score (nSPS) is 18.6. The summed E-state index contributed by atoms with van der Waals surface area (Å²) in [6.45, 7) is 3.99. The quantitative estimate of drug-likeness (QED) is 0.525. The van der Waals surface area contributed by atoms with Crippen LogP contribution in [0.1, 0.15) is 28.8 Å². The summed E-state index contributed by atoms with van der Waals surface area (Å²) in [6, 6.07) is 17.6. The highest BCUT2D eigenvalue weighted by Crippen LogP contribution is 2.24. The number of hydrogen-bond donors (Lipinski definition) is 0. The summed E-state index contributed by atoms with van der Waals surface area (Å²) < 4.78 is 11.9. The molecule has 2 amide bonds. The molecule has 1 aromatic heterocycles. The van der Waals surface area contributed by atoms with Crippen molar-refractivity contribution < 1.29 is 19.1 Å². The summed E-state index contributed by atoms with van der Waals surface area (Å²) in [5, 5.41) is 1.15. The lowest BCUT2D eigenvalue weighted by atomic mass is 9.96. The van der Waals surface area contributed by atoms with Crippen LogP contribution in [-0.4, -0.2) is 72.6 Å². The molecule has 0 N–H and O–H groups in total. The van der Waals surface area contributed by atoms with Crippen LogP contribution in [0.4, 0.5) is 0 Å². The largest absolute Gasteiger partial charge is 0.491 e. The van der Waals surface area contributed by atoms with E-state index in [1.165, 1.54) is 5.56 Å². The average Bonchev–Trinajstić information content (AvgIpc) is 3.15. The number of nitrogens with zero attached hydrogens (tertiary/aromatic N) is 3. The maximum atomic E-state index is 13.6. The van der Waals surface area contributed by atoms with Gasteiger partial charge in [0.1, 0.15) is 12.4 Å². The molecule has 0 bridgehead atoms. The third-order valence-electron chi connectivity index (χ3n) is 6.78. The van der Waals surface area contributed by atoms with Gasteiger partial charge in [-0.3, -0.25) is 14.6 Å². The van der Waals surface area contributed by atoms with Gasteiger partial charge in [0, 0.05) is 43.6 Å². The van der Waals surface area contributed by atoms with Crippen molar-refractivity contribution >= 4 is 22.7 Å². The van der Waals surface area contributed by atoms with Gasteiger partial charge in [0.15, 0.2) is 0 Å². The summed E-state index contributed by atoms with van der Waals surface area (Å²) in [4.78, 5) is 33.6. The molecule has 182 valence electrons. The molecule has 35 heavy (non-hydrogen) atoms. The van der Waals surface area contributed by atoms with E-state index >= 15 is 0 Å². The van der Waals surface area contributed by atoms with Crippen LogP contribution in [0.25, 0.3) is 10.9 Å². The van der Waals surface area contributed by atoms with Gasteiger partial charge in [0.2, 0.25) is 5.91 Å². The first-order valence-corrected chi connectivity index (χ1v) is 12.4. The van der Waals surface area contributed by atoms with Crippen LogP contribution in [0.2, 0.25) is 0 Å². The number of benzene rings is 2. The van der Waals surface area contributed by atoms with Gasteiger partial charge >= 0.3 is 0 Å². The molecule has 5 rings (SSSR count). The van der Waals surface area contributed by atoms with E-state index in [1.807, 2.05) is 58.5 Å². The molecule has 2 saturated heterocycles.